The van der Waals surface area contributed by atoms with E-state index in [9.17, 15) is 14.4 Å². The fourth-order valence-electron chi connectivity index (χ4n) is 3.49. The minimum Gasteiger partial charge on any atom is -0.324 e. The average Bonchev–Trinajstić information content (AvgIpc) is 3.02. The topological polar surface area (TPSA) is 73.1 Å². The maximum absolute atomic E-state index is 13.4. The fourth-order valence-corrected chi connectivity index (χ4v) is 4.81. The van der Waals surface area contributed by atoms with Crippen molar-refractivity contribution in [3.63, 3.8) is 0 Å². The zero-order chi connectivity index (χ0) is 22.3. The Morgan fingerprint density at radius 2 is 1.81 bits per heavy atom. The van der Waals surface area contributed by atoms with Crippen molar-refractivity contribution >= 4 is 44.7 Å². The number of amides is 1. The van der Waals surface area contributed by atoms with Gasteiger partial charge in [-0.15, -0.1) is 11.3 Å². The van der Waals surface area contributed by atoms with Gasteiger partial charge in [-0.3, -0.25) is 14.2 Å². The molecule has 0 aliphatic rings. The molecular weight excluding hydrogens is 434 g/mol. The van der Waals surface area contributed by atoms with E-state index >= 15 is 0 Å². The fraction of sp³-hybridized carbons (Fsp3) is 0.174. The van der Waals surface area contributed by atoms with Gasteiger partial charge in [0, 0.05) is 15.6 Å². The van der Waals surface area contributed by atoms with Crippen LogP contribution in [0.1, 0.15) is 16.0 Å². The van der Waals surface area contributed by atoms with Crippen LogP contribution in [0.5, 0.6) is 0 Å². The van der Waals surface area contributed by atoms with Gasteiger partial charge in [0.05, 0.1) is 11.1 Å². The van der Waals surface area contributed by atoms with Crippen LogP contribution in [0, 0.1) is 20.8 Å². The van der Waals surface area contributed by atoms with Crippen molar-refractivity contribution in [2.45, 2.75) is 27.3 Å². The molecule has 1 N–H and O–H groups in total. The summed E-state index contributed by atoms with van der Waals surface area (Å²) >= 11 is 7.43. The minimum atomic E-state index is -0.582. The lowest BCUT2D eigenvalue weighted by Crippen LogP contribution is -2.40. The zero-order valence-electron chi connectivity index (χ0n) is 17.2. The molecule has 0 saturated heterocycles. The Morgan fingerprint density at radius 1 is 1.06 bits per heavy atom. The Bertz CT molecular complexity index is 1450. The largest absolute Gasteiger partial charge is 0.337 e. The number of carbonyl (C=O) groups excluding carboxylic acids is 1. The number of hydrogen-bond donors (Lipinski definition) is 1. The highest BCUT2D eigenvalue weighted by Gasteiger charge is 2.21. The third kappa shape index (κ3) is 3.82. The number of fused-ring (bicyclic) bond motifs is 1. The lowest BCUT2D eigenvalue weighted by molar-refractivity contribution is -0.116. The smallest absolute Gasteiger partial charge is 0.324 e. The zero-order valence-corrected chi connectivity index (χ0v) is 18.8. The molecule has 4 aromatic rings. The standard InChI is InChI=1S/C23H20ClN3O3S/c1-13-7-4-5-10-18(13)25-19(28)12-26-22-20(14(2)15(3)31-22)21(29)27(23(26)30)17-9-6-8-16(24)11-17/h4-11H,12H2,1-3H3,(H,25,28). The normalized spacial score (nSPS) is 11.1. The molecule has 2 aromatic carbocycles. The highest BCUT2D eigenvalue weighted by molar-refractivity contribution is 7.18. The van der Waals surface area contributed by atoms with Crippen LogP contribution < -0.4 is 16.6 Å². The van der Waals surface area contributed by atoms with Crippen molar-refractivity contribution < 1.29 is 4.79 Å². The maximum atomic E-state index is 13.4. The van der Waals surface area contributed by atoms with Crippen LogP contribution in [0.25, 0.3) is 15.9 Å². The summed E-state index contributed by atoms with van der Waals surface area (Å²) in [6.45, 7) is 5.42. The van der Waals surface area contributed by atoms with Gasteiger partial charge in [0.25, 0.3) is 5.56 Å². The SMILES string of the molecule is Cc1ccccc1NC(=O)Cn1c(=O)n(-c2cccc(Cl)c2)c(=O)c2c(C)c(C)sc21. The van der Waals surface area contributed by atoms with Crippen LogP contribution in [-0.4, -0.2) is 15.0 Å². The van der Waals surface area contributed by atoms with E-state index in [0.29, 0.717) is 26.6 Å². The van der Waals surface area contributed by atoms with Gasteiger partial charge in [0.1, 0.15) is 11.4 Å². The Hall–Kier alpha value is -3.16. The number of nitrogens with zero attached hydrogens (tertiary/aromatic N) is 2. The molecule has 1 amide bonds. The first-order valence-corrected chi connectivity index (χ1v) is 10.8. The second-order valence-electron chi connectivity index (χ2n) is 7.32. The van der Waals surface area contributed by atoms with Gasteiger partial charge in [0.15, 0.2) is 0 Å². The monoisotopic (exact) mass is 453 g/mol. The number of aryl methyl sites for hydroxylation is 3. The Labute approximate surface area is 187 Å². The summed E-state index contributed by atoms with van der Waals surface area (Å²) in [7, 11) is 0. The van der Waals surface area contributed by atoms with Gasteiger partial charge >= 0.3 is 5.69 Å². The lowest BCUT2D eigenvalue weighted by Gasteiger charge is -2.13. The minimum absolute atomic E-state index is 0.218. The average molecular weight is 454 g/mol. The van der Waals surface area contributed by atoms with E-state index in [2.05, 4.69) is 5.32 Å². The molecule has 0 bridgehead atoms. The summed E-state index contributed by atoms with van der Waals surface area (Å²) in [6.07, 6.45) is 0. The molecule has 0 radical (unpaired) electrons. The summed E-state index contributed by atoms with van der Waals surface area (Å²) in [5.74, 6) is -0.349. The first-order valence-electron chi connectivity index (χ1n) is 9.65. The molecule has 0 aliphatic carbocycles. The summed E-state index contributed by atoms with van der Waals surface area (Å²) in [6, 6.07) is 14.0. The predicted octanol–water partition coefficient (Wildman–Crippen LogP) is 4.43. The van der Waals surface area contributed by atoms with E-state index in [1.165, 1.54) is 15.9 Å². The number of benzene rings is 2. The number of rotatable bonds is 4. The molecule has 4 rings (SSSR count). The first-order chi connectivity index (χ1) is 14.8. The van der Waals surface area contributed by atoms with Crippen LogP contribution in [0.2, 0.25) is 5.02 Å². The molecule has 0 aliphatic heterocycles. The van der Waals surface area contributed by atoms with E-state index in [1.807, 2.05) is 39.0 Å². The summed E-state index contributed by atoms with van der Waals surface area (Å²) in [4.78, 5) is 40.9. The Kier molecular flexibility index (Phi) is 5.56. The van der Waals surface area contributed by atoms with Gasteiger partial charge < -0.3 is 5.32 Å². The number of halogens is 1. The molecule has 8 heteroatoms. The predicted molar refractivity (Wildman–Crippen MR) is 126 cm³/mol. The van der Waals surface area contributed by atoms with Crippen molar-refractivity contribution in [1.29, 1.82) is 0 Å². The highest BCUT2D eigenvalue weighted by atomic mass is 35.5. The number of carbonyl (C=O) groups is 1. The van der Waals surface area contributed by atoms with Crippen molar-refractivity contribution in [2.75, 3.05) is 5.32 Å². The quantitative estimate of drug-likeness (QED) is 0.496. The molecule has 0 atom stereocenters. The molecule has 2 heterocycles. The van der Waals surface area contributed by atoms with Crippen LogP contribution in [-0.2, 0) is 11.3 Å². The van der Waals surface area contributed by atoms with Gasteiger partial charge in [-0.05, 0) is 56.2 Å². The number of hydrogen-bond acceptors (Lipinski definition) is 4. The molecule has 158 valence electrons. The third-order valence-corrected chi connectivity index (χ3v) is 6.70. The number of anilines is 1. The van der Waals surface area contributed by atoms with Gasteiger partial charge in [0.2, 0.25) is 5.91 Å². The van der Waals surface area contributed by atoms with Gasteiger partial charge in [-0.25, -0.2) is 9.36 Å². The van der Waals surface area contributed by atoms with Crippen LogP contribution in [0.3, 0.4) is 0 Å². The third-order valence-electron chi connectivity index (χ3n) is 5.24. The van der Waals surface area contributed by atoms with Gasteiger partial charge in [-0.1, -0.05) is 35.9 Å². The molecule has 31 heavy (non-hydrogen) atoms. The summed E-state index contributed by atoms with van der Waals surface area (Å²) in [5, 5.41) is 3.70. The Balaban J connectivity index is 1.89. The van der Waals surface area contributed by atoms with E-state index in [-0.39, 0.29) is 12.5 Å². The van der Waals surface area contributed by atoms with Crippen LogP contribution in [0.15, 0.2) is 58.1 Å². The number of thiophene rings is 1. The summed E-state index contributed by atoms with van der Waals surface area (Å²) in [5.41, 5.74) is 1.76. The molecule has 2 aromatic heterocycles. The molecule has 0 unspecified atom stereocenters. The lowest BCUT2D eigenvalue weighted by atomic mass is 10.2. The van der Waals surface area contributed by atoms with Crippen LogP contribution in [0.4, 0.5) is 5.69 Å². The first kappa shape index (κ1) is 21.1. The number of nitrogens with one attached hydrogen (secondary N) is 1. The number of aromatic nitrogens is 2. The van der Waals surface area contributed by atoms with E-state index in [4.69, 9.17) is 11.6 Å². The van der Waals surface area contributed by atoms with Crippen molar-refractivity contribution in [2.24, 2.45) is 0 Å². The Morgan fingerprint density at radius 3 is 2.52 bits per heavy atom. The van der Waals surface area contributed by atoms with Crippen molar-refractivity contribution in [3.05, 3.63) is 90.4 Å². The van der Waals surface area contributed by atoms with Crippen molar-refractivity contribution in [3.8, 4) is 5.69 Å². The van der Waals surface area contributed by atoms with E-state index in [1.54, 1.807) is 30.3 Å². The van der Waals surface area contributed by atoms with Crippen molar-refractivity contribution in [1.82, 2.24) is 9.13 Å². The van der Waals surface area contributed by atoms with Gasteiger partial charge in [-0.2, -0.15) is 0 Å². The second-order valence-corrected chi connectivity index (χ2v) is 8.96. The second kappa shape index (κ2) is 8.17. The molecule has 0 saturated carbocycles. The highest BCUT2D eigenvalue weighted by Crippen LogP contribution is 2.27. The number of para-hydroxylation sites is 1. The maximum Gasteiger partial charge on any atom is 0.337 e. The van der Waals surface area contributed by atoms with E-state index < -0.39 is 11.2 Å². The molecular formula is C23H20ClN3O3S. The summed E-state index contributed by atoms with van der Waals surface area (Å²) < 4.78 is 2.43. The molecule has 0 fully saturated rings. The molecule has 0 spiro atoms. The molecule has 6 nitrogen and oxygen atoms in total. The van der Waals surface area contributed by atoms with E-state index in [0.717, 1.165) is 20.6 Å². The van der Waals surface area contributed by atoms with Crippen LogP contribution >= 0.6 is 22.9 Å².